The van der Waals surface area contributed by atoms with Gasteiger partial charge in [0.25, 0.3) is 0 Å². The topological polar surface area (TPSA) is 37.0 Å². The molecule has 1 aromatic heterocycles. The highest BCUT2D eigenvalue weighted by molar-refractivity contribution is 6.31. The summed E-state index contributed by atoms with van der Waals surface area (Å²) < 4.78 is 0. The van der Waals surface area contributed by atoms with E-state index in [1.54, 1.807) is 0 Å². The largest absolute Gasteiger partial charge is 0.384 e. The molecule has 2 fully saturated rings. The van der Waals surface area contributed by atoms with Crippen LogP contribution in [0.25, 0.3) is 10.9 Å². The number of anilines is 1. The molecule has 0 bridgehead atoms. The van der Waals surface area contributed by atoms with Gasteiger partial charge >= 0.3 is 0 Å². The van der Waals surface area contributed by atoms with Crippen LogP contribution in [0.2, 0.25) is 5.02 Å². The van der Waals surface area contributed by atoms with Crippen LogP contribution >= 0.6 is 11.6 Å². The first-order chi connectivity index (χ1) is 13.1. The smallest absolute Gasteiger partial charge is 0.0741 e. The maximum Gasteiger partial charge on any atom is 0.0741 e. The molecule has 0 radical (unpaired) electrons. The number of hydrogen-bond donors (Lipinski definition) is 2. The summed E-state index contributed by atoms with van der Waals surface area (Å²) in [7, 11) is 2.07. The summed E-state index contributed by atoms with van der Waals surface area (Å²) in [6.45, 7) is 4.54. The van der Waals surface area contributed by atoms with Crippen LogP contribution in [0, 0.1) is 17.8 Å². The number of hydrogen-bond acceptors (Lipinski definition) is 3. The Hall–Kier alpha value is -1.32. The van der Waals surface area contributed by atoms with Crippen molar-refractivity contribution >= 4 is 28.2 Å². The quantitative estimate of drug-likeness (QED) is 0.655. The first-order valence-electron chi connectivity index (χ1n) is 10.6. The van der Waals surface area contributed by atoms with Gasteiger partial charge in [0.05, 0.1) is 5.52 Å². The molecule has 146 valence electrons. The standard InChI is InChI=1S/C23H32ClN3/c1-15-6-7-16(10-15)21-12-22(20-9-8-19(24)11-23(20)27-21)26-14-18-5-3-4-17(18)13-25-2/h8-9,11-12,15-18,25H,3-7,10,13-14H2,1-2H3,(H,26,27)/t15-,16-,17?,18?/m1/s1. The molecule has 2 unspecified atom stereocenters. The highest BCUT2D eigenvalue weighted by Crippen LogP contribution is 2.39. The monoisotopic (exact) mass is 385 g/mol. The highest BCUT2D eigenvalue weighted by atomic mass is 35.5. The Kier molecular flexibility index (Phi) is 5.89. The molecule has 0 aliphatic heterocycles. The van der Waals surface area contributed by atoms with Crippen molar-refractivity contribution in [2.24, 2.45) is 17.8 Å². The summed E-state index contributed by atoms with van der Waals surface area (Å²) in [4.78, 5) is 5.00. The molecule has 2 aliphatic carbocycles. The van der Waals surface area contributed by atoms with Gasteiger partial charge < -0.3 is 10.6 Å². The SMILES string of the molecule is CNCC1CCCC1CNc1cc([C@@H]2CC[C@@H](C)C2)nc2cc(Cl)ccc12. The fraction of sp³-hybridized carbons (Fsp3) is 0.609. The van der Waals surface area contributed by atoms with Crippen LogP contribution in [-0.4, -0.2) is 25.1 Å². The average Bonchev–Trinajstić information content (AvgIpc) is 3.28. The number of fused-ring (bicyclic) bond motifs is 1. The first-order valence-corrected chi connectivity index (χ1v) is 11.0. The van der Waals surface area contributed by atoms with Crippen molar-refractivity contribution in [3.63, 3.8) is 0 Å². The first kappa shape index (κ1) is 19.0. The van der Waals surface area contributed by atoms with Crippen molar-refractivity contribution in [3.05, 3.63) is 35.0 Å². The Morgan fingerprint density at radius 2 is 1.89 bits per heavy atom. The molecule has 4 atom stereocenters. The van der Waals surface area contributed by atoms with Gasteiger partial charge in [-0.15, -0.1) is 0 Å². The van der Waals surface area contributed by atoms with Crippen LogP contribution in [0.1, 0.15) is 57.1 Å². The molecule has 2 aromatic rings. The van der Waals surface area contributed by atoms with Crippen molar-refractivity contribution in [1.82, 2.24) is 10.3 Å². The minimum Gasteiger partial charge on any atom is -0.384 e. The maximum atomic E-state index is 6.27. The van der Waals surface area contributed by atoms with Crippen molar-refractivity contribution in [3.8, 4) is 0 Å². The van der Waals surface area contributed by atoms with E-state index in [1.165, 1.54) is 55.3 Å². The van der Waals surface area contributed by atoms with Crippen molar-refractivity contribution < 1.29 is 0 Å². The van der Waals surface area contributed by atoms with E-state index in [0.717, 1.165) is 41.4 Å². The lowest BCUT2D eigenvalue weighted by Crippen LogP contribution is -2.26. The van der Waals surface area contributed by atoms with Gasteiger partial charge in [0, 0.05) is 34.3 Å². The molecule has 1 aromatic carbocycles. The summed E-state index contributed by atoms with van der Waals surface area (Å²) >= 11 is 6.27. The Morgan fingerprint density at radius 3 is 2.63 bits per heavy atom. The summed E-state index contributed by atoms with van der Waals surface area (Å²) in [5, 5.41) is 9.13. The molecule has 27 heavy (non-hydrogen) atoms. The van der Waals surface area contributed by atoms with Gasteiger partial charge in [0.15, 0.2) is 0 Å². The number of rotatable bonds is 6. The fourth-order valence-corrected chi connectivity index (χ4v) is 5.37. The predicted octanol–water partition coefficient (Wildman–Crippen LogP) is 5.84. The van der Waals surface area contributed by atoms with E-state index >= 15 is 0 Å². The zero-order valence-electron chi connectivity index (χ0n) is 16.6. The average molecular weight is 386 g/mol. The van der Waals surface area contributed by atoms with E-state index in [-0.39, 0.29) is 0 Å². The Bertz CT molecular complexity index is 791. The number of halogens is 1. The van der Waals surface area contributed by atoms with E-state index in [1.807, 2.05) is 12.1 Å². The third-order valence-electron chi connectivity index (χ3n) is 6.74. The Balaban J connectivity index is 1.60. The minimum atomic E-state index is 0.590. The van der Waals surface area contributed by atoms with Crippen LogP contribution in [0.3, 0.4) is 0 Å². The molecule has 1 heterocycles. The van der Waals surface area contributed by atoms with E-state index in [2.05, 4.69) is 36.7 Å². The second-order valence-electron chi connectivity index (χ2n) is 8.76. The Labute approximate surface area is 168 Å². The lowest BCUT2D eigenvalue weighted by molar-refractivity contribution is 0.392. The van der Waals surface area contributed by atoms with E-state index in [4.69, 9.17) is 16.6 Å². The van der Waals surface area contributed by atoms with Crippen molar-refractivity contribution in [2.75, 3.05) is 25.5 Å². The lowest BCUT2D eigenvalue weighted by atomic mass is 9.95. The van der Waals surface area contributed by atoms with E-state index < -0.39 is 0 Å². The van der Waals surface area contributed by atoms with Gasteiger partial charge in [-0.3, -0.25) is 4.98 Å². The molecule has 2 saturated carbocycles. The number of nitrogens with zero attached hydrogens (tertiary/aromatic N) is 1. The summed E-state index contributed by atoms with van der Waals surface area (Å²) in [6, 6.07) is 8.44. The fourth-order valence-electron chi connectivity index (χ4n) is 5.21. The van der Waals surface area contributed by atoms with Gasteiger partial charge in [-0.1, -0.05) is 31.4 Å². The lowest BCUT2D eigenvalue weighted by Gasteiger charge is -2.22. The van der Waals surface area contributed by atoms with E-state index in [9.17, 15) is 0 Å². The van der Waals surface area contributed by atoms with Crippen LogP contribution in [0.15, 0.2) is 24.3 Å². The van der Waals surface area contributed by atoms with Gasteiger partial charge in [0.1, 0.15) is 0 Å². The second kappa shape index (κ2) is 8.36. The number of nitrogens with one attached hydrogen (secondary N) is 2. The zero-order chi connectivity index (χ0) is 18.8. The number of pyridine rings is 1. The van der Waals surface area contributed by atoms with Crippen LogP contribution < -0.4 is 10.6 Å². The zero-order valence-corrected chi connectivity index (χ0v) is 17.4. The molecule has 4 rings (SSSR count). The summed E-state index contributed by atoms with van der Waals surface area (Å²) in [5.74, 6) is 2.94. The summed E-state index contributed by atoms with van der Waals surface area (Å²) in [6.07, 6.45) is 7.87. The third kappa shape index (κ3) is 4.25. The third-order valence-corrected chi connectivity index (χ3v) is 6.98. The summed E-state index contributed by atoms with van der Waals surface area (Å²) in [5.41, 5.74) is 3.51. The van der Waals surface area contributed by atoms with Crippen LogP contribution in [-0.2, 0) is 0 Å². The number of aromatic nitrogens is 1. The van der Waals surface area contributed by atoms with E-state index in [0.29, 0.717) is 5.92 Å². The molecule has 4 heteroatoms. The molecule has 2 N–H and O–H groups in total. The highest BCUT2D eigenvalue weighted by Gasteiger charge is 2.27. The molecule has 0 spiro atoms. The molecule has 0 amide bonds. The van der Waals surface area contributed by atoms with Crippen LogP contribution in [0.5, 0.6) is 0 Å². The molecular formula is C23H32ClN3. The molecule has 3 nitrogen and oxygen atoms in total. The van der Waals surface area contributed by atoms with Gasteiger partial charge in [-0.2, -0.15) is 0 Å². The normalized spacial score (nSPS) is 28.1. The van der Waals surface area contributed by atoms with Crippen LogP contribution in [0.4, 0.5) is 5.69 Å². The Morgan fingerprint density at radius 1 is 1.07 bits per heavy atom. The predicted molar refractivity (Wildman–Crippen MR) is 116 cm³/mol. The second-order valence-corrected chi connectivity index (χ2v) is 9.20. The molecule has 0 saturated heterocycles. The molecule has 2 aliphatic rings. The van der Waals surface area contributed by atoms with Gasteiger partial charge in [0.2, 0.25) is 0 Å². The molecular weight excluding hydrogens is 354 g/mol. The van der Waals surface area contributed by atoms with Gasteiger partial charge in [-0.05, 0) is 81.3 Å². The maximum absolute atomic E-state index is 6.27. The number of benzene rings is 1. The van der Waals surface area contributed by atoms with Gasteiger partial charge in [-0.25, -0.2) is 0 Å². The van der Waals surface area contributed by atoms with Crippen molar-refractivity contribution in [1.29, 1.82) is 0 Å². The minimum absolute atomic E-state index is 0.590. The van der Waals surface area contributed by atoms with Crippen molar-refractivity contribution in [2.45, 2.75) is 51.4 Å².